The Balaban J connectivity index is 1.27. The molecule has 6 aromatic carbocycles. The van der Waals surface area contributed by atoms with Crippen molar-refractivity contribution >= 4 is 44.9 Å². The molecule has 0 amide bonds. The number of hydrogen-bond donors (Lipinski definition) is 0. The number of rotatable bonds is 7. The Morgan fingerprint density at radius 2 is 1.16 bits per heavy atom. The van der Waals surface area contributed by atoms with Crippen LogP contribution in [0.4, 0.5) is 17.1 Å². The zero-order chi connectivity index (χ0) is 42.8. The van der Waals surface area contributed by atoms with Gasteiger partial charge in [0.25, 0.3) is 11.4 Å². The van der Waals surface area contributed by atoms with Gasteiger partial charge in [-0.15, -0.1) is 0 Å². The van der Waals surface area contributed by atoms with Crippen LogP contribution in [0.2, 0.25) is 0 Å². The molecule has 3 aromatic heterocycles. The molecule has 0 N–H and O–H groups in total. The quantitative estimate of drug-likeness (QED) is 0.150. The molecular formula is C54H47N7O+2. The van der Waals surface area contributed by atoms with Gasteiger partial charge in [0.05, 0.1) is 22.7 Å². The molecular weight excluding hydrogens is 763 g/mol. The number of pyridine rings is 1. The van der Waals surface area contributed by atoms with Crippen molar-refractivity contribution < 1.29 is 9.31 Å². The number of nitrogens with zero attached hydrogens (tertiary/aromatic N) is 7. The maximum absolute atomic E-state index is 7.28. The Bertz CT molecular complexity index is 3200. The molecule has 9 aromatic rings. The van der Waals surface area contributed by atoms with Crippen molar-refractivity contribution in [2.45, 2.75) is 52.4 Å². The second kappa shape index (κ2) is 14.9. The molecule has 0 saturated carbocycles. The van der Waals surface area contributed by atoms with E-state index >= 15 is 0 Å². The first-order valence-corrected chi connectivity index (χ1v) is 21.0. The highest BCUT2D eigenvalue weighted by Gasteiger charge is 2.34. The van der Waals surface area contributed by atoms with Crippen LogP contribution < -0.4 is 9.31 Å². The highest BCUT2D eigenvalue weighted by molar-refractivity contribution is 6.11. The van der Waals surface area contributed by atoms with E-state index in [0.29, 0.717) is 29.0 Å². The van der Waals surface area contributed by atoms with Gasteiger partial charge in [-0.3, -0.25) is 4.57 Å². The van der Waals surface area contributed by atoms with Gasteiger partial charge in [0, 0.05) is 52.4 Å². The number of ether oxygens (including phenoxy) is 1. The van der Waals surface area contributed by atoms with Crippen molar-refractivity contribution in [1.82, 2.24) is 29.1 Å². The molecule has 0 aliphatic carbocycles. The van der Waals surface area contributed by atoms with E-state index < -0.39 is 0 Å². The van der Waals surface area contributed by atoms with E-state index in [2.05, 4.69) is 129 Å². The first-order valence-electron chi connectivity index (χ1n) is 21.0. The summed E-state index contributed by atoms with van der Waals surface area (Å²) in [7, 11) is 2.03. The highest BCUT2D eigenvalue weighted by atomic mass is 16.5. The van der Waals surface area contributed by atoms with Gasteiger partial charge in [-0.05, 0) is 62.9 Å². The third-order valence-corrected chi connectivity index (χ3v) is 11.5. The SMILES string of the molecule is C[N+]1=C=[N+](c2cc(Oc3cc4c(cc3-c3nc(-c5ccccc5)nc(-c5ccccc5)n3)c3cc(C(C)(C)C)ccc3n4-c3ccccn3)cc(C(C)(C)C)c2)c2ccccc21. The molecule has 0 atom stereocenters. The number of para-hydroxylation sites is 2. The minimum Gasteiger partial charge on any atom is -0.456 e. The van der Waals surface area contributed by atoms with Gasteiger partial charge in [-0.2, -0.15) is 0 Å². The van der Waals surface area contributed by atoms with Crippen molar-refractivity contribution in [2.75, 3.05) is 7.05 Å². The number of aromatic nitrogens is 5. The molecule has 1 aliphatic rings. The second-order valence-electron chi connectivity index (χ2n) is 18.0. The lowest BCUT2D eigenvalue weighted by Gasteiger charge is -2.20. The third-order valence-electron chi connectivity index (χ3n) is 11.5. The van der Waals surface area contributed by atoms with Crippen LogP contribution in [-0.4, -0.2) is 42.1 Å². The molecule has 8 nitrogen and oxygen atoms in total. The fourth-order valence-corrected chi connectivity index (χ4v) is 8.16. The summed E-state index contributed by atoms with van der Waals surface area (Å²) in [6.45, 7) is 13.4. The summed E-state index contributed by atoms with van der Waals surface area (Å²) in [5.74, 6) is 3.74. The fourth-order valence-electron chi connectivity index (χ4n) is 8.16. The maximum atomic E-state index is 7.28. The Morgan fingerprint density at radius 1 is 0.548 bits per heavy atom. The maximum Gasteiger partial charge on any atom is 0.496 e. The molecule has 0 spiro atoms. The summed E-state index contributed by atoms with van der Waals surface area (Å²) < 4.78 is 13.6. The molecule has 0 radical (unpaired) electrons. The van der Waals surface area contributed by atoms with Gasteiger partial charge in [-0.1, -0.05) is 131 Å². The van der Waals surface area contributed by atoms with E-state index in [-0.39, 0.29) is 10.8 Å². The average Bonchev–Trinajstić information content (AvgIpc) is 3.79. The molecule has 302 valence electrons. The zero-order valence-corrected chi connectivity index (χ0v) is 36.0. The molecule has 0 fully saturated rings. The van der Waals surface area contributed by atoms with Gasteiger partial charge < -0.3 is 4.74 Å². The van der Waals surface area contributed by atoms with Crippen LogP contribution in [0, 0.1) is 0 Å². The number of benzene rings is 6. The third kappa shape index (κ3) is 7.04. The Kier molecular flexibility index (Phi) is 9.27. The smallest absolute Gasteiger partial charge is 0.456 e. The summed E-state index contributed by atoms with van der Waals surface area (Å²) >= 11 is 0. The molecule has 0 unspecified atom stereocenters. The van der Waals surface area contributed by atoms with E-state index in [4.69, 9.17) is 24.7 Å². The summed E-state index contributed by atoms with van der Waals surface area (Å²) in [5.41, 5.74) is 9.70. The van der Waals surface area contributed by atoms with Gasteiger partial charge in [0.1, 0.15) is 17.3 Å². The van der Waals surface area contributed by atoms with Crippen molar-refractivity contribution in [3.63, 3.8) is 0 Å². The molecule has 10 rings (SSSR count). The lowest BCUT2D eigenvalue weighted by atomic mass is 9.86. The minimum atomic E-state index is -0.189. The van der Waals surface area contributed by atoms with Gasteiger partial charge >= 0.3 is 6.01 Å². The number of fused-ring (bicyclic) bond motifs is 4. The van der Waals surface area contributed by atoms with E-state index in [0.717, 1.165) is 66.9 Å². The lowest BCUT2D eigenvalue weighted by Crippen LogP contribution is -2.12. The van der Waals surface area contributed by atoms with Crippen LogP contribution in [0.3, 0.4) is 0 Å². The summed E-state index contributed by atoms with van der Waals surface area (Å²) in [6.07, 6.45) is 1.84. The van der Waals surface area contributed by atoms with E-state index in [9.17, 15) is 0 Å². The molecule has 1 aliphatic heterocycles. The summed E-state index contributed by atoms with van der Waals surface area (Å²) in [4.78, 5) is 20.4. The van der Waals surface area contributed by atoms with Crippen LogP contribution in [-0.2, 0) is 10.8 Å². The van der Waals surface area contributed by atoms with Crippen LogP contribution in [0.25, 0.3) is 61.8 Å². The van der Waals surface area contributed by atoms with E-state index in [1.807, 2.05) is 96.7 Å². The minimum absolute atomic E-state index is 0.0713. The van der Waals surface area contributed by atoms with E-state index in [1.54, 1.807) is 0 Å². The number of hydrogen-bond acceptors (Lipinski definition) is 5. The first-order chi connectivity index (χ1) is 29.9. The predicted molar refractivity (Wildman–Crippen MR) is 251 cm³/mol. The molecule has 8 heteroatoms. The van der Waals surface area contributed by atoms with E-state index in [1.165, 1.54) is 5.56 Å². The monoisotopic (exact) mass is 809 g/mol. The van der Waals surface area contributed by atoms with Gasteiger partial charge in [0.15, 0.2) is 24.5 Å². The lowest BCUT2D eigenvalue weighted by molar-refractivity contribution is -0.394. The fraction of sp³-hybridized carbons (Fsp3) is 0.167. The first kappa shape index (κ1) is 38.6. The average molecular weight is 810 g/mol. The van der Waals surface area contributed by atoms with Crippen LogP contribution in [0.1, 0.15) is 52.7 Å². The molecule has 62 heavy (non-hydrogen) atoms. The van der Waals surface area contributed by atoms with Crippen molar-refractivity contribution in [2.24, 2.45) is 0 Å². The summed E-state index contributed by atoms with van der Waals surface area (Å²) in [5, 5.41) is 2.14. The van der Waals surface area contributed by atoms with Crippen LogP contribution in [0.15, 0.2) is 158 Å². The van der Waals surface area contributed by atoms with Crippen LogP contribution in [0.5, 0.6) is 11.5 Å². The van der Waals surface area contributed by atoms with Crippen molar-refractivity contribution in [3.05, 3.63) is 169 Å². The largest absolute Gasteiger partial charge is 0.496 e. The second-order valence-corrected chi connectivity index (χ2v) is 18.0. The zero-order valence-electron chi connectivity index (χ0n) is 36.0. The predicted octanol–water partition coefficient (Wildman–Crippen LogP) is 13.0. The van der Waals surface area contributed by atoms with Crippen molar-refractivity contribution in [3.8, 4) is 51.5 Å². The topological polar surface area (TPSA) is 71.7 Å². The van der Waals surface area contributed by atoms with Gasteiger partial charge in [-0.25, -0.2) is 19.9 Å². The normalized spacial score (nSPS) is 12.7. The molecule has 4 heterocycles. The standard InChI is InChI=1S/C54H47N7O/c1-53(2,3)37-25-26-44-41(30-37)42-32-43(52-57-50(35-18-10-8-11-19-35)56-51(58-52)36-20-12-9-13-21-36)48(33-47(42)61(44)49-24-16-17-27-55-49)62-40-29-38(54(4,5)6)28-39(31-40)60-34-59(7)45-22-14-15-23-46(45)60/h8-33H,1-7H3/q+2. The van der Waals surface area contributed by atoms with Crippen molar-refractivity contribution in [1.29, 1.82) is 0 Å². The summed E-state index contributed by atoms with van der Waals surface area (Å²) in [6, 6.07) is 55.6. The van der Waals surface area contributed by atoms with Crippen LogP contribution >= 0.6 is 0 Å². The molecule has 0 bridgehead atoms. The van der Waals surface area contributed by atoms with Gasteiger partial charge in [0.2, 0.25) is 5.69 Å². The Labute approximate surface area is 361 Å². The Hall–Kier alpha value is -7.54. The molecule has 0 saturated heterocycles. The Morgan fingerprint density at radius 3 is 1.81 bits per heavy atom. The highest BCUT2D eigenvalue weighted by Crippen LogP contribution is 2.44.